The SMILES string of the molecule is CN(C(=O)OC(C)(C)C)C1CCCN(CC(=O)c2nccs2)C1. The Hall–Kier alpha value is -1.47. The van der Waals surface area contributed by atoms with E-state index in [0.29, 0.717) is 18.1 Å². The van der Waals surface area contributed by atoms with Crippen LogP contribution in [0.25, 0.3) is 0 Å². The standard InChI is InChI=1S/C16H25N3O3S/c1-16(2,3)22-15(21)18(4)12-6-5-8-19(10-12)11-13(20)14-17-7-9-23-14/h7,9,12H,5-6,8,10-11H2,1-4H3. The molecule has 7 heteroatoms. The van der Waals surface area contributed by atoms with Gasteiger partial charge in [0, 0.05) is 31.2 Å². The van der Waals surface area contributed by atoms with Gasteiger partial charge in [0.2, 0.25) is 5.78 Å². The zero-order valence-electron chi connectivity index (χ0n) is 14.2. The molecule has 128 valence electrons. The van der Waals surface area contributed by atoms with E-state index in [1.807, 2.05) is 26.2 Å². The minimum Gasteiger partial charge on any atom is -0.444 e. The number of carbonyl (C=O) groups is 2. The third-order valence-electron chi connectivity index (χ3n) is 3.75. The third kappa shape index (κ3) is 5.28. The summed E-state index contributed by atoms with van der Waals surface area (Å²) in [7, 11) is 1.77. The minimum absolute atomic E-state index is 0.0422. The lowest BCUT2D eigenvalue weighted by Crippen LogP contribution is -2.50. The highest BCUT2D eigenvalue weighted by Gasteiger charge is 2.30. The molecule has 1 fully saturated rings. The van der Waals surface area contributed by atoms with E-state index in [0.717, 1.165) is 19.4 Å². The topological polar surface area (TPSA) is 62.7 Å². The van der Waals surface area contributed by atoms with Gasteiger partial charge in [-0.1, -0.05) is 0 Å². The van der Waals surface area contributed by atoms with Gasteiger partial charge >= 0.3 is 6.09 Å². The molecular weight excluding hydrogens is 314 g/mol. The Morgan fingerprint density at radius 3 is 2.83 bits per heavy atom. The number of carbonyl (C=O) groups excluding carboxylic acids is 2. The second kappa shape index (κ2) is 7.40. The number of hydrogen-bond acceptors (Lipinski definition) is 6. The van der Waals surface area contributed by atoms with Crippen LogP contribution in [0.4, 0.5) is 4.79 Å². The maximum atomic E-state index is 12.2. The average Bonchev–Trinajstić information content (AvgIpc) is 2.99. The van der Waals surface area contributed by atoms with E-state index < -0.39 is 5.60 Å². The molecule has 6 nitrogen and oxygen atoms in total. The van der Waals surface area contributed by atoms with Crippen LogP contribution in [-0.4, -0.2) is 65.0 Å². The molecule has 1 aromatic heterocycles. The monoisotopic (exact) mass is 339 g/mol. The van der Waals surface area contributed by atoms with Crippen molar-refractivity contribution in [3.05, 3.63) is 16.6 Å². The fourth-order valence-corrected chi connectivity index (χ4v) is 3.17. The largest absolute Gasteiger partial charge is 0.444 e. The van der Waals surface area contributed by atoms with Gasteiger partial charge in [-0.15, -0.1) is 11.3 Å². The maximum Gasteiger partial charge on any atom is 0.410 e. The van der Waals surface area contributed by atoms with E-state index in [9.17, 15) is 9.59 Å². The molecule has 2 rings (SSSR count). The molecule has 0 aromatic carbocycles. The number of likely N-dealkylation sites (N-methyl/N-ethyl adjacent to an activating group) is 1. The van der Waals surface area contributed by atoms with Crippen LogP contribution in [0.1, 0.15) is 43.4 Å². The van der Waals surface area contributed by atoms with Gasteiger partial charge in [0.15, 0.2) is 5.01 Å². The van der Waals surface area contributed by atoms with E-state index in [-0.39, 0.29) is 17.9 Å². The van der Waals surface area contributed by atoms with Crippen LogP contribution in [0.15, 0.2) is 11.6 Å². The predicted octanol–water partition coefficient (Wildman–Crippen LogP) is 2.66. The first-order valence-corrected chi connectivity index (χ1v) is 8.75. The molecule has 1 unspecified atom stereocenters. The Morgan fingerprint density at radius 2 is 2.22 bits per heavy atom. The van der Waals surface area contributed by atoms with Crippen LogP contribution >= 0.6 is 11.3 Å². The Bertz CT molecular complexity index is 539. The number of aromatic nitrogens is 1. The lowest BCUT2D eigenvalue weighted by atomic mass is 10.0. The van der Waals surface area contributed by atoms with Gasteiger partial charge in [-0.3, -0.25) is 9.69 Å². The number of hydrogen-bond donors (Lipinski definition) is 0. The fourth-order valence-electron chi connectivity index (χ4n) is 2.61. The summed E-state index contributed by atoms with van der Waals surface area (Å²) in [6.07, 6.45) is 3.23. The fraction of sp³-hybridized carbons (Fsp3) is 0.688. The van der Waals surface area contributed by atoms with Crippen LogP contribution in [0.3, 0.4) is 0 Å². The Balaban J connectivity index is 1.90. The summed E-state index contributed by atoms with van der Waals surface area (Å²) in [5, 5.41) is 2.36. The number of thiazole rings is 1. The summed E-state index contributed by atoms with van der Waals surface area (Å²) in [6, 6.07) is 0.0719. The van der Waals surface area contributed by atoms with E-state index in [1.165, 1.54) is 11.3 Å². The number of likely N-dealkylation sites (tertiary alicyclic amines) is 1. The maximum absolute atomic E-state index is 12.2. The van der Waals surface area contributed by atoms with Crippen LogP contribution in [0.5, 0.6) is 0 Å². The summed E-state index contributed by atoms with van der Waals surface area (Å²) in [5.74, 6) is 0.0422. The van der Waals surface area contributed by atoms with Gasteiger partial charge in [-0.05, 0) is 40.2 Å². The molecule has 0 aliphatic carbocycles. The first kappa shape index (κ1) is 17.9. The zero-order valence-corrected chi connectivity index (χ0v) is 15.1. The molecule has 23 heavy (non-hydrogen) atoms. The van der Waals surface area contributed by atoms with E-state index in [2.05, 4.69) is 9.88 Å². The van der Waals surface area contributed by atoms with E-state index >= 15 is 0 Å². The molecule has 1 atom stereocenters. The lowest BCUT2D eigenvalue weighted by Gasteiger charge is -2.37. The minimum atomic E-state index is -0.500. The Kier molecular flexibility index (Phi) is 5.75. The van der Waals surface area contributed by atoms with Gasteiger partial charge in [0.25, 0.3) is 0 Å². The lowest BCUT2D eigenvalue weighted by molar-refractivity contribution is 0.0139. The van der Waals surface area contributed by atoms with Crippen LogP contribution in [0, 0.1) is 0 Å². The number of ether oxygens (including phenoxy) is 1. The normalized spacial score (nSPS) is 19.4. The molecule has 0 bridgehead atoms. The predicted molar refractivity (Wildman–Crippen MR) is 89.9 cm³/mol. The quantitative estimate of drug-likeness (QED) is 0.789. The van der Waals surface area contributed by atoms with Crippen LogP contribution < -0.4 is 0 Å². The summed E-state index contributed by atoms with van der Waals surface area (Å²) in [4.78, 5) is 32.2. The molecule has 0 radical (unpaired) electrons. The van der Waals surface area contributed by atoms with E-state index in [4.69, 9.17) is 4.74 Å². The summed E-state index contributed by atoms with van der Waals surface area (Å²) in [5.41, 5.74) is -0.500. The highest BCUT2D eigenvalue weighted by Crippen LogP contribution is 2.18. The van der Waals surface area contributed by atoms with Gasteiger partial charge in [-0.25, -0.2) is 9.78 Å². The number of Topliss-reactive ketones (excluding diaryl/α,β-unsaturated/α-hetero) is 1. The van der Waals surface area contributed by atoms with Crippen molar-refractivity contribution < 1.29 is 14.3 Å². The van der Waals surface area contributed by atoms with Crippen molar-refractivity contribution in [2.45, 2.75) is 45.3 Å². The Morgan fingerprint density at radius 1 is 1.48 bits per heavy atom. The van der Waals surface area contributed by atoms with Crippen molar-refractivity contribution in [2.75, 3.05) is 26.7 Å². The molecule has 1 saturated heterocycles. The number of ketones is 1. The van der Waals surface area contributed by atoms with Crippen molar-refractivity contribution in [1.29, 1.82) is 0 Å². The molecule has 0 N–H and O–H groups in total. The molecule has 1 amide bonds. The van der Waals surface area contributed by atoms with Gasteiger partial charge in [-0.2, -0.15) is 0 Å². The first-order chi connectivity index (χ1) is 10.8. The van der Waals surface area contributed by atoms with Gasteiger partial charge < -0.3 is 9.64 Å². The molecule has 1 aliphatic heterocycles. The molecular formula is C16H25N3O3S. The van der Waals surface area contributed by atoms with Crippen LogP contribution in [-0.2, 0) is 4.74 Å². The van der Waals surface area contributed by atoms with Gasteiger partial charge in [0.1, 0.15) is 5.60 Å². The molecule has 0 spiro atoms. The van der Waals surface area contributed by atoms with Crippen molar-refractivity contribution >= 4 is 23.2 Å². The second-order valence-corrected chi connectivity index (χ2v) is 7.78. The van der Waals surface area contributed by atoms with E-state index in [1.54, 1.807) is 18.1 Å². The highest BCUT2D eigenvalue weighted by atomic mass is 32.1. The van der Waals surface area contributed by atoms with Crippen molar-refractivity contribution in [1.82, 2.24) is 14.8 Å². The molecule has 0 saturated carbocycles. The summed E-state index contributed by atoms with van der Waals surface area (Å²) >= 11 is 1.37. The smallest absolute Gasteiger partial charge is 0.410 e. The molecule has 1 aliphatic rings. The van der Waals surface area contributed by atoms with Crippen LogP contribution in [0.2, 0.25) is 0 Å². The summed E-state index contributed by atoms with van der Waals surface area (Å²) < 4.78 is 5.42. The first-order valence-electron chi connectivity index (χ1n) is 7.87. The second-order valence-electron chi connectivity index (χ2n) is 6.88. The third-order valence-corrected chi connectivity index (χ3v) is 4.56. The summed E-state index contributed by atoms with van der Waals surface area (Å²) in [6.45, 7) is 7.49. The zero-order chi connectivity index (χ0) is 17.0. The molecule has 2 heterocycles. The van der Waals surface area contributed by atoms with Crippen molar-refractivity contribution in [3.8, 4) is 0 Å². The van der Waals surface area contributed by atoms with Crippen molar-refractivity contribution in [3.63, 3.8) is 0 Å². The number of amides is 1. The number of piperidine rings is 1. The van der Waals surface area contributed by atoms with Gasteiger partial charge in [0.05, 0.1) is 6.54 Å². The Labute approximate surface area is 141 Å². The highest BCUT2D eigenvalue weighted by molar-refractivity contribution is 7.11. The van der Waals surface area contributed by atoms with Crippen molar-refractivity contribution in [2.24, 2.45) is 0 Å². The number of nitrogens with zero attached hydrogens (tertiary/aromatic N) is 3. The number of rotatable bonds is 4. The average molecular weight is 339 g/mol. The molecule has 1 aromatic rings.